The normalized spacial score (nSPS) is 14.2. The fourth-order valence-electron chi connectivity index (χ4n) is 3.76. The van der Waals surface area contributed by atoms with Gasteiger partial charge in [-0.15, -0.1) is 0 Å². The number of rotatable bonds is 11. The molecule has 9 nitrogen and oxygen atoms in total. The number of fused-ring (bicyclic) bond motifs is 1. The molecule has 0 saturated carbocycles. The Morgan fingerprint density at radius 3 is 2.82 bits per heavy atom. The minimum absolute atomic E-state index is 0.0833. The molecule has 0 aliphatic carbocycles. The van der Waals surface area contributed by atoms with Crippen LogP contribution in [0.4, 0.5) is 5.82 Å². The number of hydrogen-bond acceptors (Lipinski definition) is 7. The van der Waals surface area contributed by atoms with E-state index in [-0.39, 0.29) is 17.7 Å². The van der Waals surface area contributed by atoms with Gasteiger partial charge in [0.2, 0.25) is 0 Å². The molecule has 34 heavy (non-hydrogen) atoms. The lowest BCUT2D eigenvalue weighted by Gasteiger charge is -2.20. The van der Waals surface area contributed by atoms with Crippen molar-refractivity contribution < 1.29 is 19.8 Å². The molecule has 0 spiro atoms. The van der Waals surface area contributed by atoms with Crippen molar-refractivity contribution in [3.05, 3.63) is 69.5 Å². The third-order valence-electron chi connectivity index (χ3n) is 5.48. The zero-order valence-corrected chi connectivity index (χ0v) is 19.4. The maximum atomic E-state index is 12.9. The van der Waals surface area contributed by atoms with Crippen molar-refractivity contribution in [1.82, 2.24) is 15.6 Å². The molecule has 1 unspecified atom stereocenters. The molecule has 0 radical (unpaired) electrons. The van der Waals surface area contributed by atoms with Crippen molar-refractivity contribution in [2.45, 2.75) is 31.7 Å². The fraction of sp³-hybridized carbons (Fsp3) is 0.333. The molecule has 1 aliphatic heterocycles. The zero-order valence-electron chi connectivity index (χ0n) is 18.6. The van der Waals surface area contributed by atoms with Crippen molar-refractivity contribution in [3.63, 3.8) is 0 Å². The maximum absolute atomic E-state index is 12.9. The van der Waals surface area contributed by atoms with Gasteiger partial charge >= 0.3 is 5.97 Å². The highest BCUT2D eigenvalue weighted by Crippen LogP contribution is 2.22. The summed E-state index contributed by atoms with van der Waals surface area (Å²) in [7, 11) is 0. The summed E-state index contributed by atoms with van der Waals surface area (Å²) in [6, 6.07) is 9.72. The van der Waals surface area contributed by atoms with Crippen LogP contribution in [0, 0.1) is 5.41 Å². The van der Waals surface area contributed by atoms with Crippen LogP contribution < -0.4 is 16.0 Å². The average molecular weight is 486 g/mol. The van der Waals surface area contributed by atoms with Gasteiger partial charge in [0.05, 0.1) is 30.3 Å². The van der Waals surface area contributed by atoms with Crippen LogP contribution in [0.15, 0.2) is 47.7 Å². The number of benzene rings is 1. The molecule has 10 heteroatoms. The number of aliphatic hydroxyl groups is 1. The first kappa shape index (κ1) is 25.2. The number of aryl methyl sites for hydroxylation is 1. The van der Waals surface area contributed by atoms with Crippen molar-refractivity contribution >= 4 is 35.5 Å². The Kier molecular flexibility index (Phi) is 9.00. The van der Waals surface area contributed by atoms with Crippen LogP contribution in [0.2, 0.25) is 5.02 Å². The van der Waals surface area contributed by atoms with Gasteiger partial charge < -0.3 is 31.6 Å². The van der Waals surface area contributed by atoms with Crippen LogP contribution in [-0.2, 0) is 22.4 Å². The average Bonchev–Trinajstić information content (AvgIpc) is 2.82. The first-order chi connectivity index (χ1) is 16.4. The van der Waals surface area contributed by atoms with E-state index in [0.29, 0.717) is 23.6 Å². The van der Waals surface area contributed by atoms with Gasteiger partial charge in [-0.25, -0.2) is 4.98 Å². The number of anilines is 1. The summed E-state index contributed by atoms with van der Waals surface area (Å²) in [5.41, 5.74) is 2.67. The number of amides is 1. The van der Waals surface area contributed by atoms with Crippen molar-refractivity contribution in [2.24, 2.45) is 0 Å². The molecule has 180 valence electrons. The van der Waals surface area contributed by atoms with Crippen molar-refractivity contribution in [3.8, 4) is 0 Å². The Labute approximate surface area is 202 Å². The largest absolute Gasteiger partial charge is 0.481 e. The number of aromatic nitrogens is 1. The highest BCUT2D eigenvalue weighted by atomic mass is 35.5. The standard InChI is InChI=1S/C24H28ClN5O4/c25-17-5-1-3-16(11-17)20(12-22(32)33)30-24(34)19(13-26)21(14-31)27-10-8-18-7-6-15-4-2-9-28-23(15)29-18/h1,3,5-7,11,13,20,26-27,31H,2,4,8-10,12,14H2,(H,28,29)(H,30,34)(H,32,33)/b21-19+,26-13?. The van der Waals surface area contributed by atoms with Gasteiger partial charge in [-0.2, -0.15) is 0 Å². The summed E-state index contributed by atoms with van der Waals surface area (Å²) >= 11 is 6.01. The molecule has 1 aromatic carbocycles. The second-order valence-electron chi connectivity index (χ2n) is 7.89. The third kappa shape index (κ3) is 6.79. The molecular weight excluding hydrogens is 458 g/mol. The highest BCUT2D eigenvalue weighted by molar-refractivity contribution is 6.30. The molecule has 6 N–H and O–H groups in total. The van der Waals surface area contributed by atoms with E-state index >= 15 is 0 Å². The number of aliphatic hydroxyl groups excluding tert-OH is 1. The van der Waals surface area contributed by atoms with E-state index < -0.39 is 24.5 Å². The Bertz CT molecular complexity index is 1090. The Morgan fingerprint density at radius 1 is 1.29 bits per heavy atom. The molecular formula is C24H28ClN5O4. The van der Waals surface area contributed by atoms with Crippen LogP contribution in [-0.4, -0.2) is 53.0 Å². The monoisotopic (exact) mass is 485 g/mol. The second-order valence-corrected chi connectivity index (χ2v) is 8.33. The SMILES string of the molecule is N=C/C(C(=O)NC(CC(=O)O)c1cccc(Cl)c1)=C(/CO)NCCc1ccc2c(n1)NCCC2. The number of nitrogens with zero attached hydrogens (tertiary/aromatic N) is 1. The number of halogens is 1. The van der Waals surface area contributed by atoms with Gasteiger partial charge in [-0.05, 0) is 42.2 Å². The van der Waals surface area contributed by atoms with Crippen LogP contribution in [0.25, 0.3) is 0 Å². The number of carboxylic acids is 1. The fourth-order valence-corrected chi connectivity index (χ4v) is 3.96. The number of nitrogens with one attached hydrogen (secondary N) is 4. The van der Waals surface area contributed by atoms with Crippen LogP contribution in [0.3, 0.4) is 0 Å². The van der Waals surface area contributed by atoms with E-state index in [1.807, 2.05) is 6.07 Å². The molecule has 0 fully saturated rings. The molecule has 2 aromatic rings. The minimum Gasteiger partial charge on any atom is -0.481 e. The molecule has 0 bridgehead atoms. The Morgan fingerprint density at radius 2 is 2.12 bits per heavy atom. The summed E-state index contributed by atoms with van der Waals surface area (Å²) in [5.74, 6) is -0.876. The van der Waals surface area contributed by atoms with E-state index in [0.717, 1.165) is 37.1 Å². The molecule has 1 aromatic heterocycles. The molecule has 1 aliphatic rings. The van der Waals surface area contributed by atoms with E-state index in [9.17, 15) is 19.8 Å². The summed E-state index contributed by atoms with van der Waals surface area (Å²) in [6.07, 6.45) is 3.11. The predicted molar refractivity (Wildman–Crippen MR) is 130 cm³/mol. The van der Waals surface area contributed by atoms with E-state index in [1.54, 1.807) is 24.3 Å². The summed E-state index contributed by atoms with van der Waals surface area (Å²) in [6.45, 7) is 0.798. The Balaban J connectivity index is 1.69. The number of carbonyl (C=O) groups is 2. The molecule has 1 atom stereocenters. The van der Waals surface area contributed by atoms with Crippen LogP contribution in [0.1, 0.15) is 35.7 Å². The smallest absolute Gasteiger partial charge is 0.305 e. The lowest BCUT2D eigenvalue weighted by Crippen LogP contribution is -2.34. The number of carbonyl (C=O) groups excluding carboxylic acids is 1. The minimum atomic E-state index is -1.10. The van der Waals surface area contributed by atoms with Gasteiger partial charge in [0, 0.05) is 36.4 Å². The highest BCUT2D eigenvalue weighted by Gasteiger charge is 2.22. The van der Waals surface area contributed by atoms with Gasteiger partial charge in [-0.1, -0.05) is 29.8 Å². The lowest BCUT2D eigenvalue weighted by molar-refractivity contribution is -0.137. The first-order valence-electron chi connectivity index (χ1n) is 11.0. The third-order valence-corrected chi connectivity index (χ3v) is 5.71. The summed E-state index contributed by atoms with van der Waals surface area (Å²) in [5, 5.41) is 36.2. The van der Waals surface area contributed by atoms with E-state index in [2.05, 4.69) is 27.0 Å². The van der Waals surface area contributed by atoms with E-state index in [1.165, 1.54) is 5.56 Å². The topological polar surface area (TPSA) is 147 Å². The Hall–Kier alpha value is -3.43. The van der Waals surface area contributed by atoms with Gasteiger partial charge in [0.25, 0.3) is 5.91 Å². The number of hydrogen-bond donors (Lipinski definition) is 6. The molecule has 3 rings (SSSR count). The van der Waals surface area contributed by atoms with Gasteiger partial charge in [0.15, 0.2) is 0 Å². The predicted octanol–water partition coefficient (Wildman–Crippen LogP) is 2.45. The van der Waals surface area contributed by atoms with Crippen LogP contribution in [0.5, 0.6) is 0 Å². The number of aliphatic carboxylic acids is 1. The molecule has 1 amide bonds. The second kappa shape index (κ2) is 12.2. The lowest BCUT2D eigenvalue weighted by atomic mass is 10.0. The molecule has 0 saturated heterocycles. The zero-order chi connectivity index (χ0) is 24.5. The quantitative estimate of drug-likeness (QED) is 0.211. The maximum Gasteiger partial charge on any atom is 0.305 e. The van der Waals surface area contributed by atoms with Crippen LogP contribution >= 0.6 is 11.6 Å². The van der Waals surface area contributed by atoms with Gasteiger partial charge in [0.1, 0.15) is 5.82 Å². The summed E-state index contributed by atoms with van der Waals surface area (Å²) < 4.78 is 0. The van der Waals surface area contributed by atoms with Crippen molar-refractivity contribution in [1.29, 1.82) is 5.41 Å². The first-order valence-corrected chi connectivity index (χ1v) is 11.4. The number of carboxylic acid groups (broad SMARTS) is 1. The molecule has 2 heterocycles. The number of pyridine rings is 1. The summed E-state index contributed by atoms with van der Waals surface area (Å²) in [4.78, 5) is 28.9. The van der Waals surface area contributed by atoms with Gasteiger partial charge in [-0.3, -0.25) is 9.59 Å². The van der Waals surface area contributed by atoms with E-state index in [4.69, 9.17) is 17.0 Å². The van der Waals surface area contributed by atoms with Crippen molar-refractivity contribution in [2.75, 3.05) is 25.0 Å².